The number of pyridine rings is 1. The predicted molar refractivity (Wildman–Crippen MR) is 88.3 cm³/mol. The summed E-state index contributed by atoms with van der Waals surface area (Å²) in [5, 5.41) is 2.15. The van der Waals surface area contributed by atoms with Gasteiger partial charge in [0.2, 0.25) is 11.8 Å². The van der Waals surface area contributed by atoms with Crippen LogP contribution in [-0.4, -0.2) is 65.0 Å². The molecule has 1 aliphatic heterocycles. The molecule has 1 N–H and O–H groups in total. The number of hydrogen-bond donors (Lipinski definition) is 1. The first-order valence-electron chi connectivity index (χ1n) is 7.51. The van der Waals surface area contributed by atoms with E-state index in [2.05, 4.69) is 10.3 Å². The molecular formula is C15H17N3O6S. The molecule has 2 rings (SSSR count). The van der Waals surface area contributed by atoms with Gasteiger partial charge in [-0.2, -0.15) is 0 Å². The van der Waals surface area contributed by atoms with Crippen molar-refractivity contribution in [3.63, 3.8) is 0 Å². The second-order valence-electron chi connectivity index (χ2n) is 4.82. The lowest BCUT2D eigenvalue weighted by atomic mass is 10.3. The number of imide groups is 1. The molecule has 0 radical (unpaired) electrons. The molecule has 0 atom stereocenters. The first-order valence-corrected chi connectivity index (χ1v) is 8.50. The van der Waals surface area contributed by atoms with Crippen LogP contribution in [0.25, 0.3) is 0 Å². The van der Waals surface area contributed by atoms with Crippen LogP contribution in [0.15, 0.2) is 18.3 Å². The van der Waals surface area contributed by atoms with Gasteiger partial charge < -0.3 is 14.8 Å². The summed E-state index contributed by atoms with van der Waals surface area (Å²) in [6, 6.07) is 3.04. The zero-order valence-corrected chi connectivity index (χ0v) is 14.3. The summed E-state index contributed by atoms with van der Waals surface area (Å²) in [7, 11) is 0. The van der Waals surface area contributed by atoms with E-state index in [1.54, 1.807) is 13.0 Å². The maximum absolute atomic E-state index is 12.0. The predicted octanol–water partition coefficient (Wildman–Crippen LogP) is 0.449. The van der Waals surface area contributed by atoms with Crippen LogP contribution < -0.4 is 10.1 Å². The number of amides is 3. The molecule has 0 saturated carbocycles. The van der Waals surface area contributed by atoms with Gasteiger partial charge in [0.15, 0.2) is 6.61 Å². The Bertz CT molecular complexity index is 665. The van der Waals surface area contributed by atoms with Gasteiger partial charge in [0.25, 0.3) is 11.1 Å². The average molecular weight is 367 g/mol. The Labute approximate surface area is 148 Å². The van der Waals surface area contributed by atoms with Gasteiger partial charge in [0.05, 0.1) is 12.4 Å². The molecule has 10 heteroatoms. The maximum atomic E-state index is 12.0. The van der Waals surface area contributed by atoms with Crippen LogP contribution in [0.4, 0.5) is 4.79 Å². The quantitative estimate of drug-likeness (QED) is 0.659. The van der Waals surface area contributed by atoms with Crippen LogP contribution >= 0.6 is 11.8 Å². The highest BCUT2D eigenvalue weighted by Crippen LogP contribution is 2.17. The number of aromatic nitrogens is 1. The monoisotopic (exact) mass is 367 g/mol. The Morgan fingerprint density at radius 2 is 2.20 bits per heavy atom. The fraction of sp³-hybridized carbons (Fsp3) is 0.400. The third kappa shape index (κ3) is 5.18. The summed E-state index contributed by atoms with van der Waals surface area (Å²) in [6.07, 6.45) is 1.48. The van der Waals surface area contributed by atoms with Gasteiger partial charge in [-0.25, -0.2) is 9.78 Å². The van der Waals surface area contributed by atoms with Gasteiger partial charge in [-0.1, -0.05) is 11.8 Å². The third-order valence-electron chi connectivity index (χ3n) is 3.10. The van der Waals surface area contributed by atoms with Gasteiger partial charge in [-0.05, 0) is 19.1 Å². The molecule has 9 nitrogen and oxygen atoms in total. The van der Waals surface area contributed by atoms with Crippen LogP contribution in [0.1, 0.15) is 17.3 Å². The highest BCUT2D eigenvalue weighted by molar-refractivity contribution is 8.14. The number of nitrogens with one attached hydrogen (secondary N) is 1. The Morgan fingerprint density at radius 1 is 1.40 bits per heavy atom. The lowest BCUT2D eigenvalue weighted by Crippen LogP contribution is -2.38. The van der Waals surface area contributed by atoms with Crippen molar-refractivity contribution in [1.29, 1.82) is 0 Å². The molecule has 0 spiro atoms. The van der Waals surface area contributed by atoms with Crippen molar-refractivity contribution in [1.82, 2.24) is 15.2 Å². The summed E-state index contributed by atoms with van der Waals surface area (Å²) < 4.78 is 10.1. The molecular weight excluding hydrogens is 350 g/mol. The van der Waals surface area contributed by atoms with E-state index in [0.29, 0.717) is 6.61 Å². The summed E-state index contributed by atoms with van der Waals surface area (Å²) in [4.78, 5) is 51.5. The number of hydrogen-bond acceptors (Lipinski definition) is 8. The van der Waals surface area contributed by atoms with Crippen molar-refractivity contribution < 1.29 is 28.7 Å². The van der Waals surface area contributed by atoms with Crippen molar-refractivity contribution in [2.75, 3.05) is 32.1 Å². The first-order chi connectivity index (χ1) is 12.0. The third-order valence-corrected chi connectivity index (χ3v) is 3.96. The zero-order valence-electron chi connectivity index (χ0n) is 13.5. The van der Waals surface area contributed by atoms with E-state index in [1.807, 2.05) is 0 Å². The van der Waals surface area contributed by atoms with Crippen molar-refractivity contribution in [2.45, 2.75) is 6.92 Å². The average Bonchev–Trinajstić information content (AvgIpc) is 2.92. The van der Waals surface area contributed by atoms with E-state index >= 15 is 0 Å². The normalized spacial score (nSPS) is 13.7. The molecule has 1 fully saturated rings. The number of carbonyl (C=O) groups is 4. The van der Waals surface area contributed by atoms with E-state index < -0.39 is 18.5 Å². The molecule has 0 aromatic carbocycles. The van der Waals surface area contributed by atoms with E-state index in [4.69, 9.17) is 9.47 Å². The molecule has 0 unspecified atom stereocenters. The van der Waals surface area contributed by atoms with Crippen LogP contribution in [0.5, 0.6) is 5.88 Å². The van der Waals surface area contributed by atoms with Gasteiger partial charge in [0.1, 0.15) is 5.56 Å². The fourth-order valence-electron chi connectivity index (χ4n) is 1.96. The van der Waals surface area contributed by atoms with E-state index in [1.165, 1.54) is 12.3 Å². The Balaban J connectivity index is 1.75. The molecule has 1 aliphatic rings. The molecule has 2 heterocycles. The number of rotatable bonds is 8. The zero-order chi connectivity index (χ0) is 18.2. The minimum atomic E-state index is -0.729. The number of nitrogens with zero attached hydrogens (tertiary/aromatic N) is 2. The van der Waals surface area contributed by atoms with Crippen LogP contribution in [0, 0.1) is 0 Å². The number of carbonyl (C=O) groups excluding carboxylic acids is 4. The minimum Gasteiger partial charge on any atom is -0.477 e. The van der Waals surface area contributed by atoms with Crippen LogP contribution in [0.2, 0.25) is 0 Å². The van der Waals surface area contributed by atoms with Crippen molar-refractivity contribution in [3.05, 3.63) is 23.9 Å². The van der Waals surface area contributed by atoms with E-state index in [0.717, 1.165) is 16.7 Å². The Morgan fingerprint density at radius 3 is 2.88 bits per heavy atom. The standard InChI is InChI=1S/C15H17N3O6S/c1-2-23-13-10(4-3-5-17-13)14(21)24-8-11(19)16-6-7-18-12(20)9-25-15(18)22/h3-5H,2,6-9H2,1H3,(H,16,19). The molecule has 1 aromatic heterocycles. The SMILES string of the molecule is CCOc1ncccc1C(=O)OCC(=O)NCCN1C(=O)CSC1=O. The lowest BCUT2D eigenvalue weighted by Gasteiger charge is -2.13. The van der Waals surface area contributed by atoms with Gasteiger partial charge in [-0.15, -0.1) is 0 Å². The molecule has 134 valence electrons. The first kappa shape index (κ1) is 18.7. The Kier molecular flexibility index (Phi) is 6.75. The summed E-state index contributed by atoms with van der Waals surface area (Å²) >= 11 is 0.927. The fourth-order valence-corrected chi connectivity index (χ4v) is 2.71. The van der Waals surface area contributed by atoms with Gasteiger partial charge in [0, 0.05) is 19.3 Å². The highest BCUT2D eigenvalue weighted by Gasteiger charge is 2.29. The second kappa shape index (κ2) is 9.02. The largest absolute Gasteiger partial charge is 0.477 e. The van der Waals surface area contributed by atoms with Gasteiger partial charge in [-0.3, -0.25) is 19.3 Å². The number of esters is 1. The molecule has 3 amide bonds. The molecule has 1 aromatic rings. The Hall–Kier alpha value is -2.62. The molecule has 1 saturated heterocycles. The smallest absolute Gasteiger partial charge is 0.344 e. The highest BCUT2D eigenvalue weighted by atomic mass is 32.2. The van der Waals surface area contributed by atoms with Crippen molar-refractivity contribution in [3.8, 4) is 5.88 Å². The minimum absolute atomic E-state index is 0.0848. The van der Waals surface area contributed by atoms with Crippen LogP contribution in [-0.2, 0) is 14.3 Å². The summed E-state index contributed by atoms with van der Waals surface area (Å²) in [6.45, 7) is 1.78. The summed E-state index contributed by atoms with van der Waals surface area (Å²) in [5.74, 6) is -1.29. The maximum Gasteiger partial charge on any atom is 0.344 e. The molecule has 25 heavy (non-hydrogen) atoms. The lowest BCUT2D eigenvalue weighted by molar-refractivity contribution is -0.126. The van der Waals surface area contributed by atoms with Crippen molar-refractivity contribution in [2.24, 2.45) is 0 Å². The van der Waals surface area contributed by atoms with E-state index in [-0.39, 0.29) is 41.4 Å². The summed E-state index contributed by atoms with van der Waals surface area (Å²) in [5.41, 5.74) is 0.127. The topological polar surface area (TPSA) is 115 Å². The molecule has 0 aliphatic carbocycles. The van der Waals surface area contributed by atoms with E-state index in [9.17, 15) is 19.2 Å². The van der Waals surface area contributed by atoms with Crippen molar-refractivity contribution >= 4 is 34.8 Å². The van der Waals surface area contributed by atoms with Gasteiger partial charge >= 0.3 is 5.97 Å². The molecule has 0 bridgehead atoms. The number of thioether (sulfide) groups is 1. The second-order valence-corrected chi connectivity index (χ2v) is 5.74. The number of ether oxygens (including phenoxy) is 2. The van der Waals surface area contributed by atoms with Crippen LogP contribution in [0.3, 0.4) is 0 Å².